The van der Waals surface area contributed by atoms with Crippen LogP contribution in [0.4, 0.5) is 0 Å². The van der Waals surface area contributed by atoms with Gasteiger partial charge in [-0.05, 0) is 12.1 Å². The number of hydrogen-bond acceptors (Lipinski definition) is 6. The summed E-state index contributed by atoms with van der Waals surface area (Å²) in [6.45, 7) is 0.396. The molecule has 2 rings (SSSR count). The van der Waals surface area contributed by atoms with Crippen LogP contribution in [0.1, 0.15) is 5.89 Å². The first-order valence-corrected chi connectivity index (χ1v) is 5.78. The van der Waals surface area contributed by atoms with Gasteiger partial charge in [-0.3, -0.25) is 4.98 Å². The van der Waals surface area contributed by atoms with Crippen molar-refractivity contribution in [3.8, 4) is 11.5 Å². The Labute approximate surface area is 109 Å². The first-order valence-electron chi connectivity index (χ1n) is 5.40. The molecule has 7 heteroatoms. The quantitative estimate of drug-likeness (QED) is 0.879. The molecule has 0 aliphatic rings. The Balaban J connectivity index is 2.12. The summed E-state index contributed by atoms with van der Waals surface area (Å²) in [4.78, 5) is 8.34. The summed E-state index contributed by atoms with van der Waals surface area (Å²) in [6, 6.07) is 3.45. The standard InChI is InChI=1S/C11H13ClN4O2/c1-17-8(5-13)4-10-15-11(16-18-10)9-3-2-7(12)6-14-9/h2-3,6,8H,4-5,13H2,1H3. The van der Waals surface area contributed by atoms with Crippen molar-refractivity contribution in [3.05, 3.63) is 29.2 Å². The lowest BCUT2D eigenvalue weighted by atomic mass is 10.2. The van der Waals surface area contributed by atoms with Gasteiger partial charge < -0.3 is 15.0 Å². The van der Waals surface area contributed by atoms with Crippen molar-refractivity contribution in [2.75, 3.05) is 13.7 Å². The molecule has 0 bridgehead atoms. The second-order valence-electron chi connectivity index (χ2n) is 3.67. The number of hydrogen-bond donors (Lipinski definition) is 1. The zero-order valence-electron chi connectivity index (χ0n) is 9.84. The van der Waals surface area contributed by atoms with Crippen LogP contribution in [0.2, 0.25) is 5.02 Å². The van der Waals surface area contributed by atoms with E-state index >= 15 is 0 Å². The van der Waals surface area contributed by atoms with Crippen molar-refractivity contribution in [1.29, 1.82) is 0 Å². The van der Waals surface area contributed by atoms with Gasteiger partial charge in [0.1, 0.15) is 5.69 Å². The molecule has 1 atom stereocenters. The second kappa shape index (κ2) is 5.90. The van der Waals surface area contributed by atoms with Crippen LogP contribution in [0.3, 0.4) is 0 Å². The van der Waals surface area contributed by atoms with E-state index in [1.165, 1.54) is 6.20 Å². The van der Waals surface area contributed by atoms with Gasteiger partial charge in [-0.1, -0.05) is 16.8 Å². The Kier molecular flexibility index (Phi) is 4.24. The van der Waals surface area contributed by atoms with Crippen LogP contribution in [-0.2, 0) is 11.2 Å². The predicted molar refractivity (Wildman–Crippen MR) is 66.1 cm³/mol. The topological polar surface area (TPSA) is 87.1 Å². The molecule has 0 aromatic carbocycles. The van der Waals surface area contributed by atoms with Crippen LogP contribution in [-0.4, -0.2) is 34.9 Å². The molecule has 96 valence electrons. The van der Waals surface area contributed by atoms with E-state index < -0.39 is 0 Å². The molecule has 0 fully saturated rings. The molecule has 0 amide bonds. The molecular formula is C11H13ClN4O2. The highest BCUT2D eigenvalue weighted by Gasteiger charge is 2.14. The van der Waals surface area contributed by atoms with E-state index in [1.54, 1.807) is 19.2 Å². The first-order chi connectivity index (χ1) is 8.72. The van der Waals surface area contributed by atoms with Crippen LogP contribution in [0.15, 0.2) is 22.9 Å². The number of nitrogens with zero attached hydrogens (tertiary/aromatic N) is 3. The lowest BCUT2D eigenvalue weighted by Crippen LogP contribution is -2.24. The minimum atomic E-state index is -0.128. The Hall–Kier alpha value is -1.50. The van der Waals surface area contributed by atoms with Gasteiger partial charge in [0.2, 0.25) is 11.7 Å². The van der Waals surface area contributed by atoms with Gasteiger partial charge in [0.05, 0.1) is 17.5 Å². The first kappa shape index (κ1) is 12.9. The molecular weight excluding hydrogens is 256 g/mol. The molecule has 0 aliphatic carbocycles. The van der Waals surface area contributed by atoms with Gasteiger partial charge in [0.15, 0.2) is 0 Å². The molecule has 0 spiro atoms. The Morgan fingerprint density at radius 3 is 2.94 bits per heavy atom. The third kappa shape index (κ3) is 3.04. The normalized spacial score (nSPS) is 12.6. The average Bonchev–Trinajstić information content (AvgIpc) is 2.85. The molecule has 18 heavy (non-hydrogen) atoms. The Morgan fingerprint density at radius 1 is 1.50 bits per heavy atom. The van der Waals surface area contributed by atoms with Crippen LogP contribution in [0, 0.1) is 0 Å². The fourth-order valence-electron chi connectivity index (χ4n) is 1.41. The molecule has 2 heterocycles. The van der Waals surface area contributed by atoms with E-state index in [0.29, 0.717) is 35.4 Å². The van der Waals surface area contributed by atoms with Gasteiger partial charge >= 0.3 is 0 Å². The van der Waals surface area contributed by atoms with E-state index in [9.17, 15) is 0 Å². The highest BCUT2D eigenvalue weighted by atomic mass is 35.5. The summed E-state index contributed by atoms with van der Waals surface area (Å²) in [5, 5.41) is 4.41. The van der Waals surface area contributed by atoms with E-state index in [2.05, 4.69) is 15.1 Å². The minimum Gasteiger partial charge on any atom is -0.380 e. The average molecular weight is 269 g/mol. The van der Waals surface area contributed by atoms with Gasteiger partial charge in [0.25, 0.3) is 0 Å². The molecule has 0 saturated carbocycles. The van der Waals surface area contributed by atoms with Crippen molar-refractivity contribution >= 4 is 11.6 Å². The van der Waals surface area contributed by atoms with Gasteiger partial charge in [-0.2, -0.15) is 4.98 Å². The predicted octanol–water partition coefficient (Wildman–Crippen LogP) is 1.30. The summed E-state index contributed by atoms with van der Waals surface area (Å²) in [7, 11) is 1.59. The molecule has 2 aromatic rings. The molecule has 0 saturated heterocycles. The third-order valence-electron chi connectivity index (χ3n) is 2.42. The SMILES string of the molecule is COC(CN)Cc1nc(-c2ccc(Cl)cn2)no1. The lowest BCUT2D eigenvalue weighted by Gasteiger charge is -2.08. The number of halogens is 1. The number of ether oxygens (including phenoxy) is 1. The maximum atomic E-state index is 5.75. The van der Waals surface area contributed by atoms with Gasteiger partial charge in [-0.25, -0.2) is 0 Å². The number of aromatic nitrogens is 3. The van der Waals surface area contributed by atoms with E-state index in [1.807, 2.05) is 0 Å². The number of pyridine rings is 1. The summed E-state index contributed by atoms with van der Waals surface area (Å²) in [5.41, 5.74) is 6.13. The van der Waals surface area contributed by atoms with Gasteiger partial charge in [-0.15, -0.1) is 0 Å². The largest absolute Gasteiger partial charge is 0.380 e. The Morgan fingerprint density at radius 2 is 2.33 bits per heavy atom. The van der Waals surface area contributed by atoms with Crippen LogP contribution >= 0.6 is 11.6 Å². The van der Waals surface area contributed by atoms with Crippen molar-refractivity contribution in [2.45, 2.75) is 12.5 Å². The van der Waals surface area contributed by atoms with Crippen LogP contribution in [0.25, 0.3) is 11.5 Å². The maximum absolute atomic E-state index is 5.75. The number of nitrogens with two attached hydrogens (primary N) is 1. The number of rotatable bonds is 5. The van der Waals surface area contributed by atoms with Crippen LogP contribution in [0.5, 0.6) is 0 Å². The van der Waals surface area contributed by atoms with E-state index in [-0.39, 0.29) is 6.10 Å². The van der Waals surface area contributed by atoms with Crippen molar-refractivity contribution in [3.63, 3.8) is 0 Å². The molecule has 0 aliphatic heterocycles. The van der Waals surface area contributed by atoms with Crippen molar-refractivity contribution in [1.82, 2.24) is 15.1 Å². The second-order valence-corrected chi connectivity index (χ2v) is 4.11. The smallest absolute Gasteiger partial charge is 0.229 e. The fraction of sp³-hybridized carbons (Fsp3) is 0.364. The zero-order chi connectivity index (χ0) is 13.0. The summed E-state index contributed by atoms with van der Waals surface area (Å²) < 4.78 is 10.3. The maximum Gasteiger partial charge on any atom is 0.229 e. The molecule has 0 radical (unpaired) electrons. The van der Waals surface area contributed by atoms with Crippen molar-refractivity contribution < 1.29 is 9.26 Å². The molecule has 2 N–H and O–H groups in total. The van der Waals surface area contributed by atoms with Crippen molar-refractivity contribution in [2.24, 2.45) is 5.73 Å². The molecule has 1 unspecified atom stereocenters. The highest BCUT2D eigenvalue weighted by molar-refractivity contribution is 6.30. The summed E-state index contributed by atoms with van der Waals surface area (Å²) >= 11 is 5.75. The van der Waals surface area contributed by atoms with Crippen LogP contribution < -0.4 is 5.73 Å². The summed E-state index contributed by atoms with van der Waals surface area (Å²) in [5.74, 6) is 0.896. The fourth-order valence-corrected chi connectivity index (χ4v) is 1.52. The highest BCUT2D eigenvalue weighted by Crippen LogP contribution is 2.16. The zero-order valence-corrected chi connectivity index (χ0v) is 10.6. The molecule has 2 aromatic heterocycles. The van der Waals surface area contributed by atoms with E-state index in [4.69, 9.17) is 26.6 Å². The number of methoxy groups -OCH3 is 1. The Bertz CT molecular complexity index is 496. The lowest BCUT2D eigenvalue weighted by molar-refractivity contribution is 0.102. The van der Waals surface area contributed by atoms with E-state index in [0.717, 1.165) is 0 Å². The molecule has 6 nitrogen and oxygen atoms in total. The third-order valence-corrected chi connectivity index (χ3v) is 2.65. The van der Waals surface area contributed by atoms with Gasteiger partial charge in [0, 0.05) is 19.9 Å². The summed E-state index contributed by atoms with van der Waals surface area (Å²) in [6.07, 6.45) is 1.88. The monoisotopic (exact) mass is 268 g/mol. The minimum absolute atomic E-state index is 0.128.